The summed E-state index contributed by atoms with van der Waals surface area (Å²) in [5, 5.41) is 11.6. The van der Waals surface area contributed by atoms with Gasteiger partial charge in [-0.3, -0.25) is 4.79 Å². The highest BCUT2D eigenvalue weighted by Gasteiger charge is 2.10. The Morgan fingerprint density at radius 2 is 2.10 bits per heavy atom. The van der Waals surface area contributed by atoms with Crippen LogP contribution in [0.4, 0.5) is 0 Å². The fourth-order valence-electron chi connectivity index (χ4n) is 1.85. The molecule has 108 valence electrons. The van der Waals surface area contributed by atoms with Gasteiger partial charge in [0, 0.05) is 12.0 Å². The summed E-state index contributed by atoms with van der Waals surface area (Å²) in [5.41, 5.74) is 1.17. The summed E-state index contributed by atoms with van der Waals surface area (Å²) in [6.45, 7) is 2.21. The van der Waals surface area contributed by atoms with E-state index in [1.807, 2.05) is 25.1 Å². The number of carbonyl (C=O) groups is 1. The first-order valence-corrected chi connectivity index (χ1v) is 6.73. The van der Waals surface area contributed by atoms with E-state index in [9.17, 15) is 4.79 Å². The van der Waals surface area contributed by atoms with Crippen LogP contribution in [0.5, 0.6) is 0 Å². The van der Waals surface area contributed by atoms with Gasteiger partial charge in [0.2, 0.25) is 0 Å². The molecule has 0 atom stereocenters. The quantitative estimate of drug-likeness (QED) is 0.846. The maximum absolute atomic E-state index is 12.2. The van der Waals surface area contributed by atoms with Gasteiger partial charge in [0.1, 0.15) is 11.5 Å². The zero-order valence-corrected chi connectivity index (χ0v) is 11.8. The molecule has 1 amide bonds. The van der Waals surface area contributed by atoms with Crippen LogP contribution in [0, 0.1) is 18.8 Å². The molecule has 1 aromatic carbocycles. The van der Waals surface area contributed by atoms with Crippen LogP contribution < -0.4 is 5.32 Å². The standard InChI is InChI=1S/C17H17NO3/c1-13-9-10-15(21-13)12-18-17(20)16-8-3-2-6-14(16)7-4-5-11-19/h2-3,6,8-10,19H,5,11-12H2,1H3,(H,18,20). The lowest BCUT2D eigenvalue weighted by molar-refractivity contribution is 0.0947. The zero-order valence-electron chi connectivity index (χ0n) is 11.8. The highest BCUT2D eigenvalue weighted by molar-refractivity contribution is 5.96. The Bertz CT molecular complexity index is 677. The van der Waals surface area contributed by atoms with Crippen molar-refractivity contribution >= 4 is 5.91 Å². The van der Waals surface area contributed by atoms with Gasteiger partial charge in [-0.05, 0) is 31.2 Å². The van der Waals surface area contributed by atoms with Gasteiger partial charge in [-0.15, -0.1) is 0 Å². The molecule has 21 heavy (non-hydrogen) atoms. The summed E-state index contributed by atoms with van der Waals surface area (Å²) >= 11 is 0. The van der Waals surface area contributed by atoms with Crippen molar-refractivity contribution in [2.75, 3.05) is 6.61 Å². The topological polar surface area (TPSA) is 62.5 Å². The number of nitrogens with one attached hydrogen (secondary N) is 1. The Morgan fingerprint density at radius 3 is 2.81 bits per heavy atom. The molecule has 2 N–H and O–H groups in total. The minimum absolute atomic E-state index is 0.0131. The van der Waals surface area contributed by atoms with Crippen LogP contribution in [-0.2, 0) is 6.54 Å². The number of aliphatic hydroxyl groups is 1. The van der Waals surface area contributed by atoms with E-state index >= 15 is 0 Å². The maximum atomic E-state index is 12.2. The fourth-order valence-corrected chi connectivity index (χ4v) is 1.85. The van der Waals surface area contributed by atoms with Crippen LogP contribution in [0.25, 0.3) is 0 Å². The number of aryl methyl sites for hydroxylation is 1. The molecule has 0 spiro atoms. The second-order valence-electron chi connectivity index (χ2n) is 4.52. The van der Waals surface area contributed by atoms with Crippen LogP contribution in [0.15, 0.2) is 40.8 Å². The zero-order chi connectivity index (χ0) is 15.1. The lowest BCUT2D eigenvalue weighted by atomic mass is 10.1. The summed E-state index contributed by atoms with van der Waals surface area (Å²) in [4.78, 5) is 12.2. The van der Waals surface area contributed by atoms with E-state index in [-0.39, 0.29) is 12.5 Å². The Morgan fingerprint density at radius 1 is 1.29 bits per heavy atom. The molecule has 0 unspecified atom stereocenters. The van der Waals surface area contributed by atoms with Crippen molar-refractivity contribution in [2.24, 2.45) is 0 Å². The summed E-state index contributed by atoms with van der Waals surface area (Å²) in [6, 6.07) is 10.8. The molecule has 0 saturated carbocycles. The van der Waals surface area contributed by atoms with Crippen LogP contribution >= 0.6 is 0 Å². The minimum Gasteiger partial charge on any atom is -0.465 e. The largest absolute Gasteiger partial charge is 0.465 e. The highest BCUT2D eigenvalue weighted by atomic mass is 16.3. The number of furan rings is 1. The lowest BCUT2D eigenvalue weighted by Crippen LogP contribution is -2.23. The van der Waals surface area contributed by atoms with E-state index in [1.165, 1.54) is 0 Å². The normalized spacial score (nSPS) is 9.81. The summed E-state index contributed by atoms with van der Waals surface area (Å²) in [7, 11) is 0. The summed E-state index contributed by atoms with van der Waals surface area (Å²) in [5.74, 6) is 7.06. The third-order valence-corrected chi connectivity index (χ3v) is 2.85. The number of hydrogen-bond donors (Lipinski definition) is 2. The van der Waals surface area contributed by atoms with Crippen LogP contribution in [0.1, 0.15) is 33.9 Å². The smallest absolute Gasteiger partial charge is 0.252 e. The minimum atomic E-state index is -0.196. The summed E-state index contributed by atoms with van der Waals surface area (Å²) < 4.78 is 5.41. The fraction of sp³-hybridized carbons (Fsp3) is 0.235. The molecular formula is C17H17NO3. The molecule has 4 heteroatoms. The molecule has 0 aliphatic carbocycles. The number of carbonyl (C=O) groups excluding carboxylic acids is 1. The lowest BCUT2D eigenvalue weighted by Gasteiger charge is -2.05. The van der Waals surface area contributed by atoms with Crippen LogP contribution in [-0.4, -0.2) is 17.6 Å². The van der Waals surface area contributed by atoms with Gasteiger partial charge in [0.25, 0.3) is 5.91 Å². The van der Waals surface area contributed by atoms with E-state index in [0.717, 1.165) is 5.76 Å². The van der Waals surface area contributed by atoms with Crippen molar-refractivity contribution in [2.45, 2.75) is 19.9 Å². The first-order chi connectivity index (χ1) is 10.2. The molecule has 0 aliphatic rings. The van der Waals surface area contributed by atoms with Gasteiger partial charge in [0.15, 0.2) is 0 Å². The summed E-state index contributed by atoms with van der Waals surface area (Å²) in [6.07, 6.45) is 0.391. The van der Waals surface area contributed by atoms with Crippen LogP contribution in [0.3, 0.4) is 0 Å². The van der Waals surface area contributed by atoms with Crippen molar-refractivity contribution in [3.05, 3.63) is 59.0 Å². The first kappa shape index (κ1) is 14.9. The van der Waals surface area contributed by atoms with Gasteiger partial charge in [-0.2, -0.15) is 0 Å². The van der Waals surface area contributed by atoms with Crippen molar-refractivity contribution in [1.29, 1.82) is 0 Å². The van der Waals surface area contributed by atoms with Crippen LogP contribution in [0.2, 0.25) is 0 Å². The monoisotopic (exact) mass is 283 g/mol. The van der Waals surface area contributed by atoms with E-state index in [4.69, 9.17) is 9.52 Å². The van der Waals surface area contributed by atoms with Gasteiger partial charge < -0.3 is 14.8 Å². The number of aliphatic hydroxyl groups excluding tert-OH is 1. The van der Waals surface area contributed by atoms with Crippen molar-refractivity contribution in [3.8, 4) is 11.8 Å². The number of rotatable bonds is 4. The SMILES string of the molecule is Cc1ccc(CNC(=O)c2ccccc2C#CCCO)o1. The maximum Gasteiger partial charge on any atom is 0.252 e. The van der Waals surface area contributed by atoms with Crippen molar-refractivity contribution < 1.29 is 14.3 Å². The number of amides is 1. The molecule has 0 fully saturated rings. The predicted molar refractivity (Wildman–Crippen MR) is 79.6 cm³/mol. The predicted octanol–water partition coefficient (Wildman–Crippen LogP) is 2.25. The Kier molecular flexibility index (Phi) is 5.19. The molecule has 1 heterocycles. The van der Waals surface area contributed by atoms with Gasteiger partial charge in [0.05, 0.1) is 18.7 Å². The van der Waals surface area contributed by atoms with Crippen molar-refractivity contribution in [1.82, 2.24) is 5.32 Å². The number of benzene rings is 1. The third kappa shape index (κ3) is 4.23. The molecule has 1 aromatic heterocycles. The average molecular weight is 283 g/mol. The van der Waals surface area contributed by atoms with Gasteiger partial charge in [-0.1, -0.05) is 24.0 Å². The average Bonchev–Trinajstić information content (AvgIpc) is 2.91. The Hall–Kier alpha value is -2.51. The third-order valence-electron chi connectivity index (χ3n) is 2.85. The van der Waals surface area contributed by atoms with E-state index < -0.39 is 0 Å². The van der Waals surface area contributed by atoms with E-state index in [2.05, 4.69) is 17.2 Å². The molecule has 0 aliphatic heterocycles. The van der Waals surface area contributed by atoms with Gasteiger partial charge >= 0.3 is 0 Å². The van der Waals surface area contributed by atoms with Crippen molar-refractivity contribution in [3.63, 3.8) is 0 Å². The molecule has 2 rings (SSSR count). The molecular weight excluding hydrogens is 266 g/mol. The molecule has 0 radical (unpaired) electrons. The molecule has 4 nitrogen and oxygen atoms in total. The van der Waals surface area contributed by atoms with E-state index in [1.54, 1.807) is 18.2 Å². The second kappa shape index (κ2) is 7.32. The number of hydrogen-bond acceptors (Lipinski definition) is 3. The molecule has 2 aromatic rings. The second-order valence-corrected chi connectivity index (χ2v) is 4.52. The molecule has 0 bridgehead atoms. The Labute approximate surface area is 123 Å². The first-order valence-electron chi connectivity index (χ1n) is 6.73. The highest BCUT2D eigenvalue weighted by Crippen LogP contribution is 2.09. The van der Waals surface area contributed by atoms with E-state index in [0.29, 0.717) is 29.9 Å². The Balaban J connectivity index is 2.07. The molecule has 0 saturated heterocycles. The van der Waals surface area contributed by atoms with Gasteiger partial charge in [-0.25, -0.2) is 0 Å².